The molecule has 162 valence electrons. The summed E-state index contributed by atoms with van der Waals surface area (Å²) in [6.07, 6.45) is 11.4. The molecule has 1 aliphatic rings. The summed E-state index contributed by atoms with van der Waals surface area (Å²) >= 11 is 0. The maximum Gasteiger partial charge on any atom is 0.236 e. The van der Waals surface area contributed by atoms with Crippen LogP contribution in [0, 0.1) is 0 Å². The number of carbonyl (C=O) groups excluding carboxylic acids is 1. The van der Waals surface area contributed by atoms with E-state index in [-0.39, 0.29) is 11.9 Å². The van der Waals surface area contributed by atoms with Gasteiger partial charge in [0, 0.05) is 44.1 Å². The lowest BCUT2D eigenvalue weighted by Gasteiger charge is -2.36. The third-order valence-electron chi connectivity index (χ3n) is 5.60. The Labute approximate surface area is 182 Å². The molecule has 0 bridgehead atoms. The highest BCUT2D eigenvalue weighted by Gasteiger charge is 2.26. The first-order valence-electron chi connectivity index (χ1n) is 10.7. The van der Waals surface area contributed by atoms with Gasteiger partial charge in [-0.1, -0.05) is 12.1 Å². The number of anilines is 1. The summed E-state index contributed by atoms with van der Waals surface area (Å²) < 4.78 is 6.97. The van der Waals surface area contributed by atoms with E-state index in [1.54, 1.807) is 30.4 Å². The van der Waals surface area contributed by atoms with E-state index in [4.69, 9.17) is 9.72 Å². The van der Waals surface area contributed by atoms with Gasteiger partial charge in [-0.25, -0.2) is 9.97 Å². The standard InChI is InChI=1S/C23H28N6O2/c1-31-20-7-5-18(6-8-20)9-11-25-22(30)16-19-4-2-3-14-29(19)21-10-12-26-23(27-21)28-15-13-24-17-28/h5-8,10,12-13,15,17,19H,2-4,9,11,14,16H2,1H3,(H,25,30). The fourth-order valence-corrected chi connectivity index (χ4v) is 3.94. The van der Waals surface area contributed by atoms with Gasteiger partial charge >= 0.3 is 0 Å². The predicted molar refractivity (Wildman–Crippen MR) is 118 cm³/mol. The van der Waals surface area contributed by atoms with Crippen molar-refractivity contribution in [2.24, 2.45) is 0 Å². The molecule has 1 amide bonds. The Morgan fingerprint density at radius 3 is 2.84 bits per heavy atom. The Balaban J connectivity index is 1.34. The quantitative estimate of drug-likeness (QED) is 0.603. The summed E-state index contributed by atoms with van der Waals surface area (Å²) in [5, 5.41) is 3.07. The second kappa shape index (κ2) is 10.1. The lowest BCUT2D eigenvalue weighted by atomic mass is 9.99. The molecule has 2 aromatic heterocycles. The molecule has 1 fully saturated rings. The minimum Gasteiger partial charge on any atom is -0.497 e. The topological polar surface area (TPSA) is 85.2 Å². The maximum atomic E-state index is 12.6. The Kier molecular flexibility index (Phi) is 6.76. The molecule has 8 nitrogen and oxygen atoms in total. The van der Waals surface area contributed by atoms with Crippen molar-refractivity contribution in [3.8, 4) is 11.7 Å². The van der Waals surface area contributed by atoms with Gasteiger partial charge in [0.1, 0.15) is 17.9 Å². The normalized spacial score (nSPS) is 16.2. The highest BCUT2D eigenvalue weighted by Crippen LogP contribution is 2.25. The molecular formula is C23H28N6O2. The van der Waals surface area contributed by atoms with Crippen molar-refractivity contribution in [1.82, 2.24) is 24.8 Å². The number of imidazole rings is 1. The largest absolute Gasteiger partial charge is 0.497 e. The Bertz CT molecular complexity index is 974. The van der Waals surface area contributed by atoms with E-state index in [9.17, 15) is 4.79 Å². The number of piperidine rings is 1. The van der Waals surface area contributed by atoms with Crippen molar-refractivity contribution in [2.75, 3.05) is 25.1 Å². The van der Waals surface area contributed by atoms with Crippen LogP contribution in [0.3, 0.4) is 0 Å². The second-order valence-electron chi connectivity index (χ2n) is 7.68. The highest BCUT2D eigenvalue weighted by molar-refractivity contribution is 5.77. The van der Waals surface area contributed by atoms with Gasteiger partial charge in [0.2, 0.25) is 11.9 Å². The molecule has 0 aliphatic carbocycles. The van der Waals surface area contributed by atoms with Crippen molar-refractivity contribution < 1.29 is 9.53 Å². The first kappa shape index (κ1) is 20.8. The molecule has 3 aromatic rings. The van der Waals surface area contributed by atoms with E-state index in [0.29, 0.717) is 18.9 Å². The monoisotopic (exact) mass is 420 g/mol. The van der Waals surface area contributed by atoms with Crippen LogP contribution in [0.2, 0.25) is 0 Å². The van der Waals surface area contributed by atoms with Gasteiger partial charge in [0.25, 0.3) is 0 Å². The summed E-state index contributed by atoms with van der Waals surface area (Å²) in [7, 11) is 1.66. The summed E-state index contributed by atoms with van der Waals surface area (Å²) in [4.78, 5) is 28.0. The van der Waals surface area contributed by atoms with Gasteiger partial charge in [-0.2, -0.15) is 4.98 Å². The molecule has 4 rings (SSSR count). The fraction of sp³-hybridized carbons (Fsp3) is 0.391. The Morgan fingerprint density at radius 2 is 2.06 bits per heavy atom. The van der Waals surface area contributed by atoms with Gasteiger partial charge in [-0.3, -0.25) is 9.36 Å². The van der Waals surface area contributed by atoms with Gasteiger partial charge in [0.05, 0.1) is 7.11 Å². The third-order valence-corrected chi connectivity index (χ3v) is 5.60. The molecule has 1 N–H and O–H groups in total. The molecule has 8 heteroatoms. The minimum atomic E-state index is 0.0781. The number of rotatable bonds is 8. The van der Waals surface area contributed by atoms with E-state index in [0.717, 1.165) is 43.8 Å². The zero-order valence-electron chi connectivity index (χ0n) is 17.8. The number of nitrogens with zero attached hydrogens (tertiary/aromatic N) is 5. The van der Waals surface area contributed by atoms with Crippen LogP contribution >= 0.6 is 0 Å². The van der Waals surface area contributed by atoms with Crippen LogP contribution in [0.5, 0.6) is 5.75 Å². The van der Waals surface area contributed by atoms with E-state index >= 15 is 0 Å². The average molecular weight is 421 g/mol. The zero-order valence-corrected chi connectivity index (χ0v) is 17.8. The summed E-state index contributed by atoms with van der Waals surface area (Å²) in [5.74, 6) is 2.36. The van der Waals surface area contributed by atoms with Crippen LogP contribution in [0.25, 0.3) is 5.95 Å². The number of benzene rings is 1. The first-order valence-corrected chi connectivity index (χ1v) is 10.7. The molecule has 1 aliphatic heterocycles. The van der Waals surface area contributed by atoms with Crippen LogP contribution < -0.4 is 15.0 Å². The lowest BCUT2D eigenvalue weighted by Crippen LogP contribution is -2.43. The van der Waals surface area contributed by atoms with Gasteiger partial charge in [-0.05, 0) is 49.4 Å². The fourth-order valence-electron chi connectivity index (χ4n) is 3.94. The number of methoxy groups -OCH3 is 1. The first-order chi connectivity index (χ1) is 15.2. The zero-order chi connectivity index (χ0) is 21.5. The highest BCUT2D eigenvalue weighted by atomic mass is 16.5. The smallest absolute Gasteiger partial charge is 0.236 e. The SMILES string of the molecule is COc1ccc(CCNC(=O)CC2CCCCN2c2ccnc(-n3ccnc3)n2)cc1. The number of aromatic nitrogens is 4. The minimum absolute atomic E-state index is 0.0781. The van der Waals surface area contributed by atoms with Crippen LogP contribution in [0.1, 0.15) is 31.2 Å². The maximum absolute atomic E-state index is 12.6. The molecule has 0 radical (unpaired) electrons. The van der Waals surface area contributed by atoms with E-state index in [2.05, 4.69) is 20.2 Å². The van der Waals surface area contributed by atoms with Crippen molar-refractivity contribution in [3.63, 3.8) is 0 Å². The lowest BCUT2D eigenvalue weighted by molar-refractivity contribution is -0.121. The number of ether oxygens (including phenoxy) is 1. The molecule has 0 spiro atoms. The molecular weight excluding hydrogens is 392 g/mol. The summed E-state index contributed by atoms with van der Waals surface area (Å²) in [5.41, 5.74) is 1.17. The van der Waals surface area contributed by atoms with E-state index in [1.165, 1.54) is 5.56 Å². The molecule has 3 heterocycles. The van der Waals surface area contributed by atoms with Crippen LogP contribution in [0.4, 0.5) is 5.82 Å². The summed E-state index contributed by atoms with van der Waals surface area (Å²) in [6.45, 7) is 1.51. The van der Waals surface area contributed by atoms with Crippen LogP contribution in [-0.2, 0) is 11.2 Å². The van der Waals surface area contributed by atoms with Crippen LogP contribution in [-0.4, -0.2) is 51.7 Å². The van der Waals surface area contributed by atoms with E-state index < -0.39 is 0 Å². The van der Waals surface area contributed by atoms with Crippen molar-refractivity contribution in [2.45, 2.75) is 38.1 Å². The van der Waals surface area contributed by atoms with E-state index in [1.807, 2.05) is 36.5 Å². The average Bonchev–Trinajstić information content (AvgIpc) is 3.35. The number of hydrogen-bond acceptors (Lipinski definition) is 6. The number of amides is 1. The Morgan fingerprint density at radius 1 is 1.19 bits per heavy atom. The third kappa shape index (κ3) is 5.39. The van der Waals surface area contributed by atoms with Crippen LogP contribution in [0.15, 0.2) is 55.2 Å². The van der Waals surface area contributed by atoms with Gasteiger partial charge in [-0.15, -0.1) is 0 Å². The number of nitrogens with one attached hydrogen (secondary N) is 1. The summed E-state index contributed by atoms with van der Waals surface area (Å²) in [6, 6.07) is 10.00. The predicted octanol–water partition coefficient (Wildman–Crippen LogP) is 2.78. The number of hydrogen-bond donors (Lipinski definition) is 1. The molecule has 31 heavy (non-hydrogen) atoms. The van der Waals surface area contributed by atoms with Crippen molar-refractivity contribution in [1.29, 1.82) is 0 Å². The number of carbonyl (C=O) groups is 1. The molecule has 1 saturated heterocycles. The molecule has 1 atom stereocenters. The molecule has 1 aromatic carbocycles. The second-order valence-corrected chi connectivity index (χ2v) is 7.68. The van der Waals surface area contributed by atoms with Crippen molar-refractivity contribution in [3.05, 3.63) is 60.8 Å². The molecule has 0 saturated carbocycles. The van der Waals surface area contributed by atoms with Gasteiger partial charge in [0.15, 0.2) is 0 Å². The van der Waals surface area contributed by atoms with Gasteiger partial charge < -0.3 is 15.0 Å². The Hall–Kier alpha value is -3.42. The van der Waals surface area contributed by atoms with Crippen molar-refractivity contribution >= 4 is 11.7 Å². The molecule has 1 unspecified atom stereocenters.